The van der Waals surface area contributed by atoms with Crippen molar-refractivity contribution in [2.75, 3.05) is 0 Å². The standard InChI is InChI=1S/C7H8BrN3O/c8-6(7(9)12)1-5-2-10-4-11-3-5/h2-4,6H,1H2,(H2,9,12). The fourth-order valence-electron chi connectivity index (χ4n) is 0.743. The quantitative estimate of drug-likeness (QED) is 0.757. The number of hydrogen-bond donors (Lipinski definition) is 1. The van der Waals surface area contributed by atoms with Gasteiger partial charge in [-0.2, -0.15) is 0 Å². The molecule has 1 atom stereocenters. The molecule has 0 aliphatic rings. The fraction of sp³-hybridized carbons (Fsp3) is 0.286. The number of alkyl halides is 1. The summed E-state index contributed by atoms with van der Waals surface area (Å²) < 4.78 is 0. The van der Waals surface area contributed by atoms with E-state index >= 15 is 0 Å². The van der Waals surface area contributed by atoms with E-state index in [-0.39, 0.29) is 10.7 Å². The van der Waals surface area contributed by atoms with Gasteiger partial charge in [-0.15, -0.1) is 0 Å². The summed E-state index contributed by atoms with van der Waals surface area (Å²) in [4.78, 5) is 17.9. The van der Waals surface area contributed by atoms with Crippen LogP contribution in [-0.2, 0) is 11.2 Å². The fourth-order valence-corrected chi connectivity index (χ4v) is 1.12. The van der Waals surface area contributed by atoms with Crippen LogP contribution in [0.2, 0.25) is 0 Å². The number of nitrogens with two attached hydrogens (primary N) is 1. The van der Waals surface area contributed by atoms with Crippen LogP contribution in [0.15, 0.2) is 18.7 Å². The molecular weight excluding hydrogens is 222 g/mol. The van der Waals surface area contributed by atoms with Gasteiger partial charge in [0.15, 0.2) is 0 Å². The second-order valence-electron chi connectivity index (χ2n) is 2.32. The number of primary amides is 1. The Kier molecular flexibility index (Phi) is 3.16. The maximum absolute atomic E-state index is 10.6. The van der Waals surface area contributed by atoms with Gasteiger partial charge < -0.3 is 5.73 Å². The molecule has 4 nitrogen and oxygen atoms in total. The molecule has 0 aliphatic heterocycles. The van der Waals surface area contributed by atoms with Crippen molar-refractivity contribution in [3.63, 3.8) is 0 Å². The van der Waals surface area contributed by atoms with E-state index in [1.54, 1.807) is 12.4 Å². The van der Waals surface area contributed by atoms with Crippen molar-refractivity contribution in [3.8, 4) is 0 Å². The predicted molar refractivity (Wildman–Crippen MR) is 47.6 cm³/mol. The van der Waals surface area contributed by atoms with Gasteiger partial charge in [0, 0.05) is 12.4 Å². The Hall–Kier alpha value is -0.970. The Morgan fingerprint density at radius 3 is 2.67 bits per heavy atom. The molecule has 1 rings (SSSR count). The highest BCUT2D eigenvalue weighted by Gasteiger charge is 2.11. The lowest BCUT2D eigenvalue weighted by Gasteiger charge is -2.03. The monoisotopic (exact) mass is 229 g/mol. The molecule has 1 unspecified atom stereocenters. The maximum atomic E-state index is 10.6. The van der Waals surface area contributed by atoms with E-state index in [9.17, 15) is 4.79 Å². The van der Waals surface area contributed by atoms with Crippen molar-refractivity contribution < 1.29 is 4.79 Å². The van der Waals surface area contributed by atoms with Crippen LogP contribution in [0.5, 0.6) is 0 Å². The summed E-state index contributed by atoms with van der Waals surface area (Å²) in [7, 11) is 0. The summed E-state index contributed by atoms with van der Waals surface area (Å²) in [6.45, 7) is 0. The van der Waals surface area contributed by atoms with E-state index in [1.165, 1.54) is 6.33 Å². The maximum Gasteiger partial charge on any atom is 0.231 e. The Balaban J connectivity index is 2.58. The zero-order valence-electron chi connectivity index (χ0n) is 6.27. The zero-order valence-corrected chi connectivity index (χ0v) is 7.86. The van der Waals surface area contributed by atoms with E-state index < -0.39 is 0 Å². The van der Waals surface area contributed by atoms with Crippen LogP contribution >= 0.6 is 15.9 Å². The summed E-state index contributed by atoms with van der Waals surface area (Å²) in [5.41, 5.74) is 5.94. The smallest absolute Gasteiger partial charge is 0.231 e. The molecule has 0 aliphatic carbocycles. The molecule has 0 saturated carbocycles. The van der Waals surface area contributed by atoms with Crippen molar-refractivity contribution in [1.29, 1.82) is 0 Å². The Bertz CT molecular complexity index is 265. The summed E-state index contributed by atoms with van der Waals surface area (Å²) in [5, 5.41) is 0. The summed E-state index contributed by atoms with van der Waals surface area (Å²) >= 11 is 3.15. The number of carbonyl (C=O) groups is 1. The topological polar surface area (TPSA) is 68.9 Å². The van der Waals surface area contributed by atoms with E-state index in [2.05, 4.69) is 25.9 Å². The van der Waals surface area contributed by atoms with E-state index in [0.29, 0.717) is 6.42 Å². The van der Waals surface area contributed by atoms with Crippen molar-refractivity contribution in [2.45, 2.75) is 11.2 Å². The number of halogens is 1. The number of rotatable bonds is 3. The molecule has 64 valence electrons. The molecule has 0 bridgehead atoms. The lowest BCUT2D eigenvalue weighted by Crippen LogP contribution is -2.25. The molecule has 0 radical (unpaired) electrons. The number of carbonyl (C=O) groups excluding carboxylic acids is 1. The third kappa shape index (κ3) is 2.58. The third-order valence-electron chi connectivity index (χ3n) is 1.34. The number of amides is 1. The first-order valence-electron chi connectivity index (χ1n) is 3.37. The van der Waals surface area contributed by atoms with E-state index in [1.807, 2.05) is 0 Å². The number of hydrogen-bond acceptors (Lipinski definition) is 3. The molecule has 0 fully saturated rings. The Morgan fingerprint density at radius 1 is 1.58 bits per heavy atom. The van der Waals surface area contributed by atoms with Gasteiger partial charge in [0.2, 0.25) is 5.91 Å². The first-order chi connectivity index (χ1) is 5.70. The first-order valence-corrected chi connectivity index (χ1v) is 4.29. The molecule has 5 heteroatoms. The molecule has 1 aromatic heterocycles. The van der Waals surface area contributed by atoms with E-state index in [4.69, 9.17) is 5.73 Å². The molecule has 1 heterocycles. The van der Waals surface area contributed by atoms with Crippen LogP contribution in [-0.4, -0.2) is 20.7 Å². The van der Waals surface area contributed by atoms with Crippen LogP contribution in [0.1, 0.15) is 5.56 Å². The molecule has 2 N–H and O–H groups in total. The highest BCUT2D eigenvalue weighted by atomic mass is 79.9. The predicted octanol–water partition coefficient (Wildman–Crippen LogP) is 0.268. The van der Waals surface area contributed by atoms with Gasteiger partial charge in [0.25, 0.3) is 0 Å². The van der Waals surface area contributed by atoms with Crippen LogP contribution in [0.25, 0.3) is 0 Å². The lowest BCUT2D eigenvalue weighted by molar-refractivity contribution is -0.117. The number of aromatic nitrogens is 2. The lowest BCUT2D eigenvalue weighted by atomic mass is 10.2. The van der Waals surface area contributed by atoms with Crippen LogP contribution in [0.4, 0.5) is 0 Å². The normalized spacial score (nSPS) is 12.4. The van der Waals surface area contributed by atoms with Crippen LogP contribution < -0.4 is 5.73 Å². The summed E-state index contributed by atoms with van der Waals surface area (Å²) in [6.07, 6.45) is 5.28. The minimum atomic E-state index is -0.376. The largest absolute Gasteiger partial charge is 0.369 e. The molecule has 0 saturated heterocycles. The Labute approximate surface area is 78.3 Å². The van der Waals surface area contributed by atoms with Gasteiger partial charge >= 0.3 is 0 Å². The summed E-state index contributed by atoms with van der Waals surface area (Å²) in [5.74, 6) is -0.376. The average Bonchev–Trinajstić information content (AvgIpc) is 2.06. The van der Waals surface area contributed by atoms with Crippen molar-refractivity contribution in [1.82, 2.24) is 9.97 Å². The average molecular weight is 230 g/mol. The van der Waals surface area contributed by atoms with Gasteiger partial charge in [0.05, 0.1) is 4.83 Å². The molecule has 1 aromatic rings. The molecule has 1 amide bonds. The molecular formula is C7H8BrN3O. The molecule has 12 heavy (non-hydrogen) atoms. The van der Waals surface area contributed by atoms with Gasteiger partial charge in [-0.05, 0) is 12.0 Å². The van der Waals surface area contributed by atoms with Crippen molar-refractivity contribution in [2.24, 2.45) is 5.73 Å². The highest BCUT2D eigenvalue weighted by molar-refractivity contribution is 9.10. The van der Waals surface area contributed by atoms with Crippen LogP contribution in [0, 0.1) is 0 Å². The van der Waals surface area contributed by atoms with E-state index in [0.717, 1.165) is 5.56 Å². The van der Waals surface area contributed by atoms with Gasteiger partial charge in [-0.25, -0.2) is 9.97 Å². The van der Waals surface area contributed by atoms with Crippen LogP contribution in [0.3, 0.4) is 0 Å². The molecule has 0 spiro atoms. The van der Waals surface area contributed by atoms with Gasteiger partial charge in [-0.3, -0.25) is 4.79 Å². The number of nitrogens with zero attached hydrogens (tertiary/aromatic N) is 2. The minimum absolute atomic E-state index is 0.344. The Morgan fingerprint density at radius 2 is 2.17 bits per heavy atom. The second kappa shape index (κ2) is 4.15. The zero-order chi connectivity index (χ0) is 8.97. The third-order valence-corrected chi connectivity index (χ3v) is 2.11. The SMILES string of the molecule is NC(=O)C(Br)Cc1cncnc1. The van der Waals surface area contributed by atoms with Crippen molar-refractivity contribution >= 4 is 21.8 Å². The highest BCUT2D eigenvalue weighted by Crippen LogP contribution is 2.06. The van der Waals surface area contributed by atoms with Crippen molar-refractivity contribution in [3.05, 3.63) is 24.3 Å². The van der Waals surface area contributed by atoms with Gasteiger partial charge in [-0.1, -0.05) is 15.9 Å². The second-order valence-corrected chi connectivity index (χ2v) is 3.43. The summed E-state index contributed by atoms with van der Waals surface area (Å²) in [6, 6.07) is 0. The molecule has 0 aromatic carbocycles. The first kappa shape index (κ1) is 9.12. The minimum Gasteiger partial charge on any atom is -0.369 e. The van der Waals surface area contributed by atoms with Gasteiger partial charge in [0.1, 0.15) is 6.33 Å².